The summed E-state index contributed by atoms with van der Waals surface area (Å²) in [4.78, 5) is 18.8. The van der Waals surface area contributed by atoms with Gasteiger partial charge < -0.3 is 4.90 Å². The fourth-order valence-corrected chi connectivity index (χ4v) is 2.75. The molecule has 0 bridgehead atoms. The second-order valence-electron chi connectivity index (χ2n) is 5.43. The van der Waals surface area contributed by atoms with E-state index in [2.05, 4.69) is 22.1 Å². The van der Waals surface area contributed by atoms with Gasteiger partial charge >= 0.3 is 0 Å². The van der Waals surface area contributed by atoms with Crippen molar-refractivity contribution in [1.82, 2.24) is 20.1 Å². The van der Waals surface area contributed by atoms with Crippen molar-refractivity contribution in [3.05, 3.63) is 47.5 Å². The maximum Gasteiger partial charge on any atom is 0.253 e. The molecule has 110 valence electrons. The number of benzene rings is 1. The van der Waals surface area contributed by atoms with Crippen LogP contribution >= 0.6 is 0 Å². The molecule has 5 heteroatoms. The molecule has 1 N–H and O–H groups in total. The first-order valence-corrected chi connectivity index (χ1v) is 7.53. The first-order valence-electron chi connectivity index (χ1n) is 7.53. The van der Waals surface area contributed by atoms with Gasteiger partial charge in [0.1, 0.15) is 5.82 Å². The van der Waals surface area contributed by atoms with Crippen molar-refractivity contribution in [2.45, 2.75) is 32.1 Å². The van der Waals surface area contributed by atoms with Crippen LogP contribution in [0, 0.1) is 0 Å². The summed E-state index contributed by atoms with van der Waals surface area (Å²) in [7, 11) is 0. The number of rotatable bonds is 3. The van der Waals surface area contributed by atoms with Gasteiger partial charge in [0.05, 0.1) is 0 Å². The van der Waals surface area contributed by atoms with E-state index < -0.39 is 0 Å². The molecule has 1 amide bonds. The van der Waals surface area contributed by atoms with Crippen molar-refractivity contribution < 1.29 is 4.79 Å². The molecule has 1 aliphatic rings. The molecule has 3 rings (SSSR count). The van der Waals surface area contributed by atoms with E-state index >= 15 is 0 Å². The Morgan fingerprint density at radius 3 is 2.62 bits per heavy atom. The maximum atomic E-state index is 12.4. The zero-order valence-electron chi connectivity index (χ0n) is 12.2. The summed E-state index contributed by atoms with van der Waals surface area (Å²) in [6, 6.07) is 9.48. The number of piperidine rings is 1. The van der Waals surface area contributed by atoms with Gasteiger partial charge in [0.25, 0.3) is 5.91 Å². The molecule has 0 radical (unpaired) electrons. The van der Waals surface area contributed by atoms with Gasteiger partial charge in [-0.1, -0.05) is 25.1 Å². The van der Waals surface area contributed by atoms with E-state index in [1.165, 1.54) is 0 Å². The van der Waals surface area contributed by atoms with Crippen LogP contribution in [0.4, 0.5) is 0 Å². The van der Waals surface area contributed by atoms with Gasteiger partial charge in [-0.05, 0) is 25.0 Å². The van der Waals surface area contributed by atoms with Gasteiger partial charge in [0.2, 0.25) is 0 Å². The minimum atomic E-state index is 0.123. The van der Waals surface area contributed by atoms with E-state index in [0.29, 0.717) is 5.92 Å². The van der Waals surface area contributed by atoms with E-state index in [4.69, 9.17) is 0 Å². The Bertz CT molecular complexity index is 600. The highest BCUT2D eigenvalue weighted by Crippen LogP contribution is 2.26. The van der Waals surface area contributed by atoms with E-state index in [-0.39, 0.29) is 5.91 Å². The first-order chi connectivity index (χ1) is 10.3. The van der Waals surface area contributed by atoms with Gasteiger partial charge in [-0.2, -0.15) is 5.10 Å². The summed E-state index contributed by atoms with van der Waals surface area (Å²) in [6.07, 6.45) is 2.73. The predicted molar refractivity (Wildman–Crippen MR) is 80.1 cm³/mol. The molecule has 0 aliphatic carbocycles. The summed E-state index contributed by atoms with van der Waals surface area (Å²) in [5.74, 6) is 2.33. The van der Waals surface area contributed by atoms with Crippen molar-refractivity contribution in [3.63, 3.8) is 0 Å². The fourth-order valence-electron chi connectivity index (χ4n) is 2.75. The number of carbonyl (C=O) groups is 1. The number of nitrogens with zero attached hydrogens (tertiary/aromatic N) is 3. The van der Waals surface area contributed by atoms with Crippen molar-refractivity contribution >= 4 is 5.91 Å². The second kappa shape index (κ2) is 6.08. The van der Waals surface area contributed by atoms with Gasteiger partial charge in [0.15, 0.2) is 5.82 Å². The van der Waals surface area contributed by atoms with E-state index in [1.807, 2.05) is 35.2 Å². The molecular weight excluding hydrogens is 264 g/mol. The second-order valence-corrected chi connectivity index (χ2v) is 5.43. The molecule has 21 heavy (non-hydrogen) atoms. The number of amides is 1. The Labute approximate surface area is 124 Å². The maximum absolute atomic E-state index is 12.4. The van der Waals surface area contributed by atoms with Crippen LogP contribution in [0.5, 0.6) is 0 Å². The normalized spacial score (nSPS) is 16.1. The summed E-state index contributed by atoms with van der Waals surface area (Å²) in [5.41, 5.74) is 0.766. The summed E-state index contributed by atoms with van der Waals surface area (Å²) in [6.45, 7) is 3.61. The lowest BCUT2D eigenvalue weighted by molar-refractivity contribution is 0.0711. The molecule has 1 aliphatic heterocycles. The summed E-state index contributed by atoms with van der Waals surface area (Å²) < 4.78 is 0. The average molecular weight is 284 g/mol. The highest BCUT2D eigenvalue weighted by molar-refractivity contribution is 5.94. The fraction of sp³-hybridized carbons (Fsp3) is 0.438. The summed E-state index contributed by atoms with van der Waals surface area (Å²) >= 11 is 0. The summed E-state index contributed by atoms with van der Waals surface area (Å²) in [5, 5.41) is 7.27. The lowest BCUT2D eigenvalue weighted by Crippen LogP contribution is -2.38. The first kappa shape index (κ1) is 13.8. The number of carbonyl (C=O) groups excluding carboxylic acids is 1. The van der Waals surface area contributed by atoms with E-state index in [0.717, 1.165) is 49.6 Å². The molecule has 5 nitrogen and oxygen atoms in total. The number of aryl methyl sites for hydroxylation is 1. The molecule has 1 saturated heterocycles. The minimum Gasteiger partial charge on any atom is -0.339 e. The van der Waals surface area contributed by atoms with Crippen LogP contribution in [-0.2, 0) is 6.42 Å². The highest BCUT2D eigenvalue weighted by atomic mass is 16.2. The predicted octanol–water partition coefficient (Wildman–Crippen LogP) is 2.39. The lowest BCUT2D eigenvalue weighted by atomic mass is 9.95. The third-order valence-electron chi connectivity index (χ3n) is 4.05. The molecule has 2 aromatic rings. The van der Waals surface area contributed by atoms with Crippen LogP contribution in [0.15, 0.2) is 30.3 Å². The Morgan fingerprint density at radius 2 is 2.00 bits per heavy atom. The number of hydrogen-bond donors (Lipinski definition) is 1. The number of hydrogen-bond acceptors (Lipinski definition) is 3. The highest BCUT2D eigenvalue weighted by Gasteiger charge is 2.26. The van der Waals surface area contributed by atoms with Gasteiger partial charge in [-0.25, -0.2) is 4.98 Å². The van der Waals surface area contributed by atoms with Crippen LogP contribution in [-0.4, -0.2) is 39.1 Å². The SMILES string of the molecule is CCc1nc(C2CCN(C(=O)c3ccccc3)CC2)n[nH]1. The zero-order chi connectivity index (χ0) is 14.7. The van der Waals surface area contributed by atoms with Crippen LogP contribution in [0.2, 0.25) is 0 Å². The average Bonchev–Trinajstić information content (AvgIpc) is 3.04. The van der Waals surface area contributed by atoms with Gasteiger partial charge in [-0.15, -0.1) is 0 Å². The van der Waals surface area contributed by atoms with E-state index in [9.17, 15) is 4.79 Å². The Morgan fingerprint density at radius 1 is 1.29 bits per heavy atom. The van der Waals surface area contributed by atoms with Crippen molar-refractivity contribution in [1.29, 1.82) is 0 Å². The molecule has 1 fully saturated rings. The zero-order valence-corrected chi connectivity index (χ0v) is 12.2. The standard InChI is InChI=1S/C16H20N4O/c1-2-14-17-15(19-18-14)12-8-10-20(11-9-12)16(21)13-6-4-3-5-7-13/h3-7,12H,2,8-11H2,1H3,(H,17,18,19). The molecular formula is C16H20N4O. The molecule has 0 saturated carbocycles. The van der Waals surface area contributed by atoms with Crippen molar-refractivity contribution in [3.8, 4) is 0 Å². The molecule has 0 atom stereocenters. The number of H-pyrrole nitrogens is 1. The van der Waals surface area contributed by atoms with Crippen LogP contribution in [0.1, 0.15) is 47.7 Å². The smallest absolute Gasteiger partial charge is 0.253 e. The van der Waals surface area contributed by atoms with Gasteiger partial charge in [0, 0.05) is 31.0 Å². The van der Waals surface area contributed by atoms with Crippen molar-refractivity contribution in [2.75, 3.05) is 13.1 Å². The molecule has 2 heterocycles. The van der Waals surface area contributed by atoms with Gasteiger partial charge in [-0.3, -0.25) is 9.89 Å². The number of nitrogens with one attached hydrogen (secondary N) is 1. The quantitative estimate of drug-likeness (QED) is 0.941. The van der Waals surface area contributed by atoms with Crippen molar-refractivity contribution in [2.24, 2.45) is 0 Å². The number of aromatic amines is 1. The van der Waals surface area contributed by atoms with E-state index in [1.54, 1.807) is 0 Å². The third-order valence-corrected chi connectivity index (χ3v) is 4.05. The Balaban J connectivity index is 1.61. The molecule has 1 aromatic carbocycles. The number of likely N-dealkylation sites (tertiary alicyclic amines) is 1. The monoisotopic (exact) mass is 284 g/mol. The lowest BCUT2D eigenvalue weighted by Gasteiger charge is -2.30. The topological polar surface area (TPSA) is 61.9 Å². The Kier molecular flexibility index (Phi) is 3.99. The number of aromatic nitrogens is 3. The van der Waals surface area contributed by atoms with Crippen LogP contribution < -0.4 is 0 Å². The molecule has 0 unspecified atom stereocenters. The molecule has 0 spiro atoms. The van der Waals surface area contributed by atoms with Crippen LogP contribution in [0.25, 0.3) is 0 Å². The minimum absolute atomic E-state index is 0.123. The third kappa shape index (κ3) is 2.96. The Hall–Kier alpha value is -2.17. The van der Waals surface area contributed by atoms with Crippen LogP contribution in [0.3, 0.4) is 0 Å². The molecule has 1 aromatic heterocycles. The largest absolute Gasteiger partial charge is 0.339 e.